The van der Waals surface area contributed by atoms with Crippen LogP contribution >= 0.6 is 0 Å². The number of hydrogen-bond donors (Lipinski definition) is 1. The predicted molar refractivity (Wildman–Crippen MR) is 134 cm³/mol. The molecular weight excluding hydrogens is 429 g/mol. The van der Waals surface area contributed by atoms with E-state index in [0.717, 1.165) is 92.4 Å². The van der Waals surface area contributed by atoms with E-state index < -0.39 is 0 Å². The summed E-state index contributed by atoms with van der Waals surface area (Å²) in [4.78, 5) is 9.50. The van der Waals surface area contributed by atoms with Crippen molar-refractivity contribution in [2.45, 2.75) is 32.7 Å². The Hall–Kier alpha value is -2.90. The van der Waals surface area contributed by atoms with Crippen molar-refractivity contribution in [2.24, 2.45) is 11.7 Å². The summed E-state index contributed by atoms with van der Waals surface area (Å²) in [6.45, 7) is 12.3. The lowest BCUT2D eigenvalue weighted by Gasteiger charge is -2.38. The zero-order valence-corrected chi connectivity index (χ0v) is 20.0. The number of aryl methyl sites for hydroxylation is 1. The smallest absolute Gasteiger partial charge is 0.138 e. The maximum atomic E-state index is 13.7. The molecule has 2 saturated heterocycles. The van der Waals surface area contributed by atoms with Gasteiger partial charge in [-0.25, -0.2) is 9.37 Å². The second-order valence-corrected chi connectivity index (χ2v) is 9.52. The van der Waals surface area contributed by atoms with Crippen LogP contribution in [0, 0.1) is 18.7 Å². The lowest BCUT2D eigenvalue weighted by Crippen LogP contribution is -2.46. The number of fused-ring (bicyclic) bond motifs is 1. The first-order valence-corrected chi connectivity index (χ1v) is 12.3. The molecule has 0 spiro atoms. The van der Waals surface area contributed by atoms with Crippen LogP contribution in [0.5, 0.6) is 0 Å². The number of imidazole rings is 1. The molecule has 2 fully saturated rings. The van der Waals surface area contributed by atoms with Crippen LogP contribution in [0.2, 0.25) is 0 Å². The molecule has 4 heterocycles. The second-order valence-electron chi connectivity index (χ2n) is 9.52. The minimum Gasteiger partial charge on any atom is -0.381 e. The minimum atomic E-state index is -0.226. The fourth-order valence-corrected chi connectivity index (χ4v) is 5.29. The van der Waals surface area contributed by atoms with Crippen LogP contribution in [0.25, 0.3) is 16.8 Å². The maximum Gasteiger partial charge on any atom is 0.138 e. The Labute approximate surface area is 200 Å². The summed E-state index contributed by atoms with van der Waals surface area (Å²) in [5.74, 6) is 1.55. The average Bonchev–Trinajstić information content (AvgIpc) is 3.27. The van der Waals surface area contributed by atoms with Gasteiger partial charge in [-0.3, -0.25) is 4.40 Å². The van der Waals surface area contributed by atoms with Gasteiger partial charge in [0.2, 0.25) is 0 Å². The fourth-order valence-electron chi connectivity index (χ4n) is 5.29. The number of allylic oxidation sites excluding steroid dienone is 1. The van der Waals surface area contributed by atoms with Crippen molar-refractivity contribution < 1.29 is 9.13 Å². The maximum absolute atomic E-state index is 13.7. The first-order chi connectivity index (χ1) is 16.5. The van der Waals surface area contributed by atoms with Crippen molar-refractivity contribution in [1.82, 2.24) is 14.3 Å². The molecule has 0 unspecified atom stereocenters. The highest BCUT2D eigenvalue weighted by atomic mass is 19.1. The zero-order valence-electron chi connectivity index (χ0n) is 20.0. The molecule has 0 bridgehead atoms. The van der Waals surface area contributed by atoms with Crippen LogP contribution < -0.4 is 10.6 Å². The van der Waals surface area contributed by atoms with Gasteiger partial charge in [-0.05, 0) is 67.0 Å². The number of nitrogens with two attached hydrogens (primary N) is 1. The van der Waals surface area contributed by atoms with Crippen LogP contribution in [-0.4, -0.2) is 53.7 Å². The van der Waals surface area contributed by atoms with Crippen molar-refractivity contribution in [3.8, 4) is 11.1 Å². The quantitative estimate of drug-likeness (QED) is 0.589. The lowest BCUT2D eigenvalue weighted by atomic mass is 9.94. The van der Waals surface area contributed by atoms with Crippen molar-refractivity contribution in [3.05, 3.63) is 65.9 Å². The van der Waals surface area contributed by atoms with Crippen LogP contribution in [0.4, 0.5) is 10.2 Å². The van der Waals surface area contributed by atoms with Gasteiger partial charge >= 0.3 is 0 Å². The van der Waals surface area contributed by atoms with Crippen LogP contribution in [0.3, 0.4) is 0 Å². The van der Waals surface area contributed by atoms with Gasteiger partial charge in [0, 0.05) is 63.4 Å². The number of benzene rings is 1. The molecule has 34 heavy (non-hydrogen) atoms. The molecule has 0 atom stereocenters. The monoisotopic (exact) mass is 463 g/mol. The molecule has 0 saturated carbocycles. The summed E-state index contributed by atoms with van der Waals surface area (Å²) in [6.07, 6.45) is 7.41. The minimum absolute atomic E-state index is 0.226. The molecule has 0 aliphatic carbocycles. The van der Waals surface area contributed by atoms with Gasteiger partial charge in [-0.2, -0.15) is 0 Å². The van der Waals surface area contributed by atoms with Gasteiger partial charge in [-0.15, -0.1) is 0 Å². The van der Waals surface area contributed by atoms with Gasteiger partial charge < -0.3 is 20.3 Å². The Kier molecular flexibility index (Phi) is 6.57. The summed E-state index contributed by atoms with van der Waals surface area (Å²) in [5.41, 5.74) is 12.1. The highest BCUT2D eigenvalue weighted by Gasteiger charge is 2.23. The molecule has 3 aromatic rings. The van der Waals surface area contributed by atoms with Crippen molar-refractivity contribution in [1.29, 1.82) is 0 Å². The Bertz CT molecular complexity index is 1180. The number of anilines is 1. The number of piperazine rings is 1. The molecule has 2 aliphatic heterocycles. The largest absolute Gasteiger partial charge is 0.381 e. The van der Waals surface area contributed by atoms with Crippen LogP contribution in [-0.2, 0) is 11.3 Å². The third kappa shape index (κ3) is 4.55. The molecule has 7 heteroatoms. The molecule has 2 aromatic heterocycles. The van der Waals surface area contributed by atoms with E-state index >= 15 is 0 Å². The summed E-state index contributed by atoms with van der Waals surface area (Å²) in [5, 5.41) is 0. The molecule has 2 N–H and O–H groups in total. The Morgan fingerprint density at radius 3 is 2.62 bits per heavy atom. The number of aromatic nitrogens is 2. The molecule has 6 nitrogen and oxygen atoms in total. The first-order valence-electron chi connectivity index (χ1n) is 12.3. The van der Waals surface area contributed by atoms with E-state index in [9.17, 15) is 4.39 Å². The molecule has 5 rings (SSSR count). The molecule has 0 radical (unpaired) electrons. The van der Waals surface area contributed by atoms with Gasteiger partial charge in [0.25, 0.3) is 0 Å². The van der Waals surface area contributed by atoms with Gasteiger partial charge in [-0.1, -0.05) is 12.6 Å². The highest BCUT2D eigenvalue weighted by Crippen LogP contribution is 2.31. The van der Waals surface area contributed by atoms with E-state index in [1.165, 1.54) is 11.8 Å². The van der Waals surface area contributed by atoms with Gasteiger partial charge in [0.15, 0.2) is 0 Å². The molecular formula is C27H34FN5O. The average molecular weight is 464 g/mol. The second kappa shape index (κ2) is 9.76. The van der Waals surface area contributed by atoms with E-state index in [4.69, 9.17) is 10.5 Å². The molecule has 180 valence electrons. The van der Waals surface area contributed by atoms with E-state index in [0.29, 0.717) is 12.5 Å². The SMILES string of the molecule is C=C(CC1CCOCC1)N1CCN(c2cnc3cc(CN)c(-c4ccc(F)cc4C)cn23)CC1. The normalized spacial score (nSPS) is 17.5. The standard InChI is InChI=1S/C27H34FN5O/c1-19-13-23(28)3-4-24(19)25-18-33-26(15-22(25)16-29)30-17-27(33)32-9-7-31(8-10-32)20(2)14-21-5-11-34-12-6-21/h3-4,13,15,17-18,21H,2,5-12,14,16,29H2,1H3. The zero-order chi connectivity index (χ0) is 23.7. The van der Waals surface area contributed by atoms with Crippen molar-refractivity contribution in [3.63, 3.8) is 0 Å². The van der Waals surface area contributed by atoms with E-state index in [-0.39, 0.29) is 5.82 Å². The Morgan fingerprint density at radius 2 is 1.91 bits per heavy atom. The van der Waals surface area contributed by atoms with E-state index in [1.54, 1.807) is 6.07 Å². The van der Waals surface area contributed by atoms with Crippen molar-refractivity contribution in [2.75, 3.05) is 44.3 Å². The fraction of sp³-hybridized carbons (Fsp3) is 0.444. The summed E-state index contributed by atoms with van der Waals surface area (Å²) < 4.78 is 21.4. The number of hydrogen-bond acceptors (Lipinski definition) is 5. The van der Waals surface area contributed by atoms with E-state index in [2.05, 4.69) is 32.0 Å². The van der Waals surface area contributed by atoms with Gasteiger partial charge in [0.05, 0.1) is 6.20 Å². The topological polar surface area (TPSA) is 59.0 Å². The number of pyridine rings is 1. The third-order valence-electron chi connectivity index (χ3n) is 7.33. The van der Waals surface area contributed by atoms with Gasteiger partial charge in [0.1, 0.15) is 17.3 Å². The highest BCUT2D eigenvalue weighted by molar-refractivity contribution is 5.73. The number of nitrogens with zero attached hydrogens (tertiary/aromatic N) is 4. The third-order valence-corrected chi connectivity index (χ3v) is 7.33. The number of rotatable bonds is 6. The molecule has 0 amide bonds. The first kappa shape index (κ1) is 22.9. The summed E-state index contributed by atoms with van der Waals surface area (Å²) in [6, 6.07) is 6.97. The van der Waals surface area contributed by atoms with Crippen LogP contribution in [0.15, 0.2) is 48.9 Å². The van der Waals surface area contributed by atoms with Crippen LogP contribution in [0.1, 0.15) is 30.4 Å². The Balaban J connectivity index is 1.35. The number of ether oxygens (including phenoxy) is 1. The summed E-state index contributed by atoms with van der Waals surface area (Å²) in [7, 11) is 0. The predicted octanol–water partition coefficient (Wildman–Crippen LogP) is 4.36. The number of halogens is 1. The summed E-state index contributed by atoms with van der Waals surface area (Å²) >= 11 is 0. The molecule has 1 aromatic carbocycles. The van der Waals surface area contributed by atoms with Crippen molar-refractivity contribution >= 4 is 11.5 Å². The lowest BCUT2D eigenvalue weighted by molar-refractivity contribution is 0.0642. The van der Waals surface area contributed by atoms with E-state index in [1.807, 2.05) is 25.3 Å². The Morgan fingerprint density at radius 1 is 1.15 bits per heavy atom. The molecule has 2 aliphatic rings.